The summed E-state index contributed by atoms with van der Waals surface area (Å²) < 4.78 is 0. The molecule has 378 valence electrons. The van der Waals surface area contributed by atoms with E-state index in [0.717, 1.165) is 94.7 Å². The smallest absolute Gasteiger partial charge is 0.248 e. The van der Waals surface area contributed by atoms with E-state index < -0.39 is 0 Å². The molecule has 73 heavy (non-hydrogen) atoms. The van der Waals surface area contributed by atoms with Crippen molar-refractivity contribution in [3.05, 3.63) is 206 Å². The molecule has 0 bridgehead atoms. The molecular weight excluding hydrogens is 907 g/mol. The maximum absolute atomic E-state index is 11.4. The average molecular weight is 978 g/mol. The molecule has 0 aliphatic carbocycles. The van der Waals surface area contributed by atoms with Crippen molar-refractivity contribution in [2.75, 3.05) is 34.3 Å². The molecule has 0 atom stereocenters. The quantitative estimate of drug-likeness (QED) is 0.0882. The van der Waals surface area contributed by atoms with Gasteiger partial charge in [0.25, 0.3) is 0 Å². The normalized spacial score (nSPS) is 13.5. The molecule has 11 heteroatoms. The van der Waals surface area contributed by atoms with Crippen LogP contribution in [0.15, 0.2) is 140 Å². The molecule has 11 nitrogen and oxygen atoms in total. The van der Waals surface area contributed by atoms with Gasteiger partial charge in [0, 0.05) is 90.5 Å². The van der Waals surface area contributed by atoms with Crippen LogP contribution in [0.5, 0.6) is 0 Å². The van der Waals surface area contributed by atoms with Gasteiger partial charge in [-0.25, -0.2) is 0 Å². The topological polar surface area (TPSA) is 172 Å². The summed E-state index contributed by atoms with van der Waals surface area (Å²) >= 11 is 0. The van der Waals surface area contributed by atoms with Crippen LogP contribution < -0.4 is 31.9 Å². The first-order valence-electron chi connectivity index (χ1n) is 25.1. The lowest BCUT2D eigenvalue weighted by Crippen LogP contribution is -2.29. The lowest BCUT2D eigenvalue weighted by Gasteiger charge is -2.31. The molecule has 0 fully saturated rings. The van der Waals surface area contributed by atoms with Gasteiger partial charge >= 0.3 is 0 Å². The number of aryl methyl sites for hydroxylation is 4. The zero-order chi connectivity index (χ0) is 50.9. The zero-order valence-corrected chi connectivity index (χ0v) is 42.0. The predicted octanol–water partition coefficient (Wildman–Crippen LogP) is 11.5. The number of hydrogen-bond acceptors (Lipinski definition) is 7. The summed E-state index contributed by atoms with van der Waals surface area (Å²) in [6, 6.07) is 44.8. The highest BCUT2D eigenvalue weighted by atomic mass is 16.2. The van der Waals surface area contributed by atoms with E-state index in [0.29, 0.717) is 22.6 Å². The summed E-state index contributed by atoms with van der Waals surface area (Å²) in [5.41, 5.74) is 34.6. The van der Waals surface area contributed by atoms with E-state index in [9.17, 15) is 19.2 Å². The van der Waals surface area contributed by atoms with Crippen molar-refractivity contribution >= 4 is 40.6 Å². The molecule has 0 saturated heterocycles. The Hall–Kier alpha value is -7.92. The lowest BCUT2D eigenvalue weighted by molar-refractivity contribution is 0.0991. The van der Waals surface area contributed by atoms with Gasteiger partial charge < -0.3 is 36.9 Å². The number of carbonyl (C=O) groups is 4. The van der Waals surface area contributed by atoms with Gasteiger partial charge in [-0.2, -0.15) is 0 Å². The van der Waals surface area contributed by atoms with Crippen LogP contribution in [0, 0.1) is 6.92 Å². The average Bonchev–Trinajstić information content (AvgIpc) is 3.83. The second-order valence-corrected chi connectivity index (χ2v) is 19.6. The molecule has 7 aromatic rings. The molecule has 3 aliphatic heterocycles. The first kappa shape index (κ1) is 52.9. The van der Waals surface area contributed by atoms with Gasteiger partial charge in [0.2, 0.25) is 17.7 Å². The number of primary amides is 3. The van der Waals surface area contributed by atoms with Gasteiger partial charge in [0.15, 0.2) is 5.78 Å². The molecule has 0 radical (unpaired) electrons. The Kier molecular flexibility index (Phi) is 17.4. The van der Waals surface area contributed by atoms with Crippen molar-refractivity contribution in [1.82, 2.24) is 4.98 Å². The van der Waals surface area contributed by atoms with Gasteiger partial charge in [0.1, 0.15) is 0 Å². The number of nitrogens with two attached hydrogens (primary N) is 3. The van der Waals surface area contributed by atoms with Gasteiger partial charge in [-0.05, 0) is 169 Å². The maximum Gasteiger partial charge on any atom is 0.248 e. The summed E-state index contributed by atoms with van der Waals surface area (Å²) in [5, 5.41) is 0. The number of aromatic amines is 1. The van der Waals surface area contributed by atoms with Gasteiger partial charge in [0.05, 0.1) is 0 Å². The predicted molar refractivity (Wildman–Crippen MR) is 298 cm³/mol. The Morgan fingerprint density at radius 2 is 0.863 bits per heavy atom. The van der Waals surface area contributed by atoms with Crippen LogP contribution in [0.3, 0.4) is 0 Å². The van der Waals surface area contributed by atoms with E-state index in [1.165, 1.54) is 61.4 Å². The second-order valence-electron chi connectivity index (χ2n) is 19.6. The highest BCUT2D eigenvalue weighted by Crippen LogP contribution is 2.33. The fourth-order valence-corrected chi connectivity index (χ4v) is 9.95. The first-order valence-corrected chi connectivity index (χ1v) is 25.1. The number of anilines is 3. The summed E-state index contributed by atoms with van der Waals surface area (Å²) in [7, 11) is 0. The van der Waals surface area contributed by atoms with Crippen LogP contribution >= 0.6 is 0 Å². The Labute approximate surface area is 431 Å². The van der Waals surface area contributed by atoms with Gasteiger partial charge in [-0.15, -0.1) is 0 Å². The zero-order valence-electron chi connectivity index (χ0n) is 42.0. The number of benzene rings is 6. The van der Waals surface area contributed by atoms with E-state index in [4.69, 9.17) is 17.2 Å². The molecule has 3 aliphatic rings. The van der Waals surface area contributed by atoms with Crippen molar-refractivity contribution in [1.29, 1.82) is 0 Å². The number of hydrogen-bond donors (Lipinski definition) is 4. The minimum Gasteiger partial charge on any atom is -0.367 e. The van der Waals surface area contributed by atoms with Gasteiger partial charge in [-0.3, -0.25) is 19.2 Å². The van der Waals surface area contributed by atoms with Crippen molar-refractivity contribution in [3.8, 4) is 11.3 Å². The van der Waals surface area contributed by atoms with Crippen LogP contribution in [-0.4, -0.2) is 48.1 Å². The number of fused-ring (bicyclic) bond motifs is 3. The monoisotopic (exact) mass is 978 g/mol. The highest BCUT2D eigenvalue weighted by molar-refractivity contribution is 5.95. The fourth-order valence-electron chi connectivity index (χ4n) is 9.95. The number of Topliss-reactive ketones (excluding diaryl/α,β-unsaturated/α-hetero) is 1. The Morgan fingerprint density at radius 3 is 1.19 bits per heavy atom. The number of ketones is 1. The number of nitrogens with zero attached hydrogens (tertiary/aromatic N) is 3. The summed E-state index contributed by atoms with van der Waals surface area (Å²) in [6.45, 7) is 13.7. The SMILES string of the molecule is C.CC(=O)c1ccc(CN2CCCc3cc(C(N)=O)ccc32)cc1.CC(C)c1ccc(CN2CCCc3cc(C(N)=O)ccc32)cc1.Cc1c[nH]c(-c2ccc(CN3CCCc4cc(C(N)=O)ccc43)cc2)c1. The third-order valence-corrected chi connectivity index (χ3v) is 14.0. The minimum absolute atomic E-state index is 0. The Bertz CT molecular complexity index is 3050. The minimum atomic E-state index is -0.384. The number of amides is 3. The van der Waals surface area contributed by atoms with Crippen LogP contribution in [-0.2, 0) is 38.9 Å². The number of H-pyrrole nitrogens is 1. The van der Waals surface area contributed by atoms with E-state index in [1.54, 1.807) is 13.0 Å². The van der Waals surface area contributed by atoms with E-state index in [1.807, 2.05) is 79.0 Å². The fraction of sp³-hybridized carbons (Fsp3) is 0.290. The van der Waals surface area contributed by atoms with Crippen LogP contribution in [0.1, 0.15) is 139 Å². The number of carbonyl (C=O) groups excluding carboxylic acids is 4. The summed E-state index contributed by atoms with van der Waals surface area (Å²) in [5.74, 6) is -0.454. The maximum atomic E-state index is 11.4. The van der Waals surface area contributed by atoms with Crippen molar-refractivity contribution < 1.29 is 19.2 Å². The highest BCUT2D eigenvalue weighted by Gasteiger charge is 2.21. The molecule has 7 N–H and O–H groups in total. The molecule has 3 amide bonds. The largest absolute Gasteiger partial charge is 0.367 e. The molecule has 10 rings (SSSR count). The summed E-state index contributed by atoms with van der Waals surface area (Å²) in [4.78, 5) is 55.8. The van der Waals surface area contributed by atoms with E-state index in [-0.39, 0.29) is 30.9 Å². The molecule has 0 spiro atoms. The Balaban J connectivity index is 0.000000160. The van der Waals surface area contributed by atoms with Gasteiger partial charge in [-0.1, -0.05) is 94.1 Å². The molecule has 0 unspecified atom stereocenters. The molecular formula is C62H71N7O4. The van der Waals surface area contributed by atoms with Crippen LogP contribution in [0.25, 0.3) is 11.3 Å². The molecule has 6 aromatic carbocycles. The lowest BCUT2D eigenvalue weighted by atomic mass is 9.97. The van der Waals surface area contributed by atoms with Crippen LogP contribution in [0.2, 0.25) is 0 Å². The number of rotatable bonds is 12. The van der Waals surface area contributed by atoms with Crippen LogP contribution in [0.4, 0.5) is 17.1 Å². The van der Waals surface area contributed by atoms with Crippen molar-refractivity contribution in [2.45, 2.75) is 99.2 Å². The third kappa shape index (κ3) is 13.3. The molecule has 0 saturated carbocycles. The first-order chi connectivity index (χ1) is 34.7. The van der Waals surface area contributed by atoms with E-state index >= 15 is 0 Å². The second kappa shape index (κ2) is 24.0. The number of nitrogens with one attached hydrogen (secondary N) is 1. The number of aromatic nitrogens is 1. The Morgan fingerprint density at radius 1 is 0.507 bits per heavy atom. The van der Waals surface area contributed by atoms with Crippen molar-refractivity contribution in [3.63, 3.8) is 0 Å². The molecule has 4 heterocycles. The third-order valence-electron chi connectivity index (χ3n) is 14.0. The van der Waals surface area contributed by atoms with Crippen molar-refractivity contribution in [2.24, 2.45) is 17.2 Å². The molecule has 1 aromatic heterocycles. The summed E-state index contributed by atoms with van der Waals surface area (Å²) in [6.07, 6.45) is 8.26. The van der Waals surface area contributed by atoms with E-state index in [2.05, 4.69) is 95.1 Å². The standard InChI is InChI=1S/C22H23N3O.C20H24N2O.C19H20N2O2.CH4/c1-15-11-20(24-13-15)17-6-4-16(5-7-17)14-25-10-2-3-18-12-19(22(23)26)8-9-21(18)25;1-14(2)16-7-5-15(6-8-16)13-22-11-3-4-17-12-18(20(21)23)9-10-19(17)22;1-13(22)15-6-4-14(5-7-15)12-21-10-2-3-16-11-17(19(20)23)8-9-18(16)21;/h4-9,11-13,24H,2-3,10,14H2,1H3,(H2,23,26);5-10,12,14H,3-4,11,13H2,1-2H3,(H2,21,23);4-9,11H,2-3,10,12H2,1H3,(H2,20,23);1H4.